The van der Waals surface area contributed by atoms with Crippen molar-refractivity contribution in [3.05, 3.63) is 0 Å². The van der Waals surface area contributed by atoms with Crippen molar-refractivity contribution in [1.82, 2.24) is 15.1 Å². The number of nitrogens with zero attached hydrogens (tertiary/aromatic N) is 2. The fraction of sp³-hybridized carbons (Fsp3) is 0.700. The predicted molar refractivity (Wildman–Crippen MR) is 62.6 cm³/mol. The van der Waals surface area contributed by atoms with Crippen LogP contribution < -0.4 is 5.32 Å². The number of hydrogen-bond acceptors (Lipinski definition) is 3. The number of amides is 3. The molecule has 7 heteroatoms. The van der Waals surface area contributed by atoms with Crippen LogP contribution in [0.25, 0.3) is 0 Å². The molecule has 0 bridgehead atoms. The van der Waals surface area contributed by atoms with Crippen LogP contribution in [-0.4, -0.2) is 66.6 Å². The van der Waals surface area contributed by atoms with Gasteiger partial charge in [-0.05, 0) is 0 Å². The Morgan fingerprint density at radius 1 is 1.24 bits per heavy atom. The Balaban J connectivity index is 2.20. The Morgan fingerprint density at radius 2 is 1.88 bits per heavy atom. The second-order valence-corrected chi connectivity index (χ2v) is 4.02. The number of nitrogens with one attached hydrogen (secondary N) is 1. The van der Waals surface area contributed by atoms with Crippen LogP contribution in [0.4, 0.5) is 0 Å². The van der Waals surface area contributed by atoms with Crippen LogP contribution in [0.2, 0.25) is 0 Å². The molecule has 0 aromatic rings. The highest BCUT2D eigenvalue weighted by Gasteiger charge is 2.19. The summed E-state index contributed by atoms with van der Waals surface area (Å²) < 4.78 is 0. The average molecular weight is 262 g/mol. The van der Waals surface area contributed by atoms with Gasteiger partial charge in [-0.15, -0.1) is 11.6 Å². The van der Waals surface area contributed by atoms with Crippen molar-refractivity contribution < 1.29 is 14.4 Å². The molecule has 6 nitrogen and oxygen atoms in total. The molecule has 0 radical (unpaired) electrons. The summed E-state index contributed by atoms with van der Waals surface area (Å²) in [5.74, 6) is -0.373. The smallest absolute Gasteiger partial charge is 0.234 e. The first kappa shape index (κ1) is 13.8. The van der Waals surface area contributed by atoms with E-state index in [9.17, 15) is 14.4 Å². The number of rotatable bonds is 5. The lowest BCUT2D eigenvalue weighted by atomic mass is 10.3. The van der Waals surface area contributed by atoms with Gasteiger partial charge in [-0.2, -0.15) is 0 Å². The minimum Gasteiger partial charge on any atom is -0.355 e. The molecule has 0 aromatic heterocycles. The van der Waals surface area contributed by atoms with Crippen LogP contribution in [0.3, 0.4) is 0 Å². The normalized spacial score (nSPS) is 15.6. The topological polar surface area (TPSA) is 69.7 Å². The van der Waals surface area contributed by atoms with Crippen LogP contribution in [0.15, 0.2) is 0 Å². The van der Waals surface area contributed by atoms with Crippen molar-refractivity contribution in [2.75, 3.05) is 38.6 Å². The SMILES string of the molecule is O=CN1CCN(C(=O)CCNC(=O)CCl)CC1. The predicted octanol–water partition coefficient (Wildman–Crippen LogP) is -0.968. The van der Waals surface area contributed by atoms with Gasteiger partial charge >= 0.3 is 0 Å². The number of alkyl halides is 1. The molecule has 0 aromatic carbocycles. The molecule has 1 saturated heterocycles. The standard InChI is InChI=1S/C10H16ClN3O3/c11-7-9(16)12-2-1-10(17)14-5-3-13(8-15)4-6-14/h8H,1-7H2,(H,12,16). The van der Waals surface area contributed by atoms with Gasteiger partial charge in [0.05, 0.1) is 0 Å². The molecule has 1 N–H and O–H groups in total. The zero-order chi connectivity index (χ0) is 12.7. The van der Waals surface area contributed by atoms with Crippen LogP contribution in [0, 0.1) is 0 Å². The van der Waals surface area contributed by atoms with Crippen molar-refractivity contribution >= 4 is 29.8 Å². The van der Waals surface area contributed by atoms with E-state index in [0.29, 0.717) is 32.7 Å². The lowest BCUT2D eigenvalue weighted by Gasteiger charge is -2.32. The van der Waals surface area contributed by atoms with E-state index >= 15 is 0 Å². The molecule has 0 unspecified atom stereocenters. The van der Waals surface area contributed by atoms with Crippen molar-refractivity contribution in [2.24, 2.45) is 0 Å². The number of piperazine rings is 1. The Labute approximate surface area is 105 Å². The summed E-state index contributed by atoms with van der Waals surface area (Å²) in [6.45, 7) is 2.56. The molecule has 3 amide bonds. The first-order valence-corrected chi connectivity index (χ1v) is 6.00. The zero-order valence-corrected chi connectivity index (χ0v) is 10.3. The van der Waals surface area contributed by atoms with Gasteiger partial charge in [-0.25, -0.2) is 0 Å². The van der Waals surface area contributed by atoms with Gasteiger partial charge in [0.25, 0.3) is 0 Å². The third kappa shape index (κ3) is 4.60. The van der Waals surface area contributed by atoms with Crippen LogP contribution in [-0.2, 0) is 14.4 Å². The molecule has 1 heterocycles. The highest BCUT2D eigenvalue weighted by Crippen LogP contribution is 2.01. The summed E-state index contributed by atoms with van der Waals surface area (Å²) in [6.07, 6.45) is 1.06. The molecule has 1 fully saturated rings. The minimum absolute atomic E-state index is 0.00887. The van der Waals surface area contributed by atoms with Crippen molar-refractivity contribution in [1.29, 1.82) is 0 Å². The minimum atomic E-state index is -0.273. The molecule has 1 rings (SSSR count). The van der Waals surface area contributed by atoms with Crippen LogP contribution >= 0.6 is 11.6 Å². The van der Waals surface area contributed by atoms with Gasteiger partial charge in [0, 0.05) is 39.1 Å². The second kappa shape index (κ2) is 7.11. The summed E-state index contributed by atoms with van der Waals surface area (Å²) in [5, 5.41) is 2.54. The zero-order valence-electron chi connectivity index (χ0n) is 9.52. The maximum absolute atomic E-state index is 11.7. The molecule has 0 spiro atoms. The van der Waals surface area contributed by atoms with Crippen molar-refractivity contribution in [2.45, 2.75) is 6.42 Å². The summed E-state index contributed by atoms with van der Waals surface area (Å²) in [6, 6.07) is 0. The monoisotopic (exact) mass is 261 g/mol. The molecule has 0 saturated carbocycles. The van der Waals surface area contributed by atoms with E-state index in [-0.39, 0.29) is 24.1 Å². The molecule has 1 aliphatic heterocycles. The van der Waals surface area contributed by atoms with Gasteiger partial charge in [0.1, 0.15) is 5.88 Å². The van der Waals surface area contributed by atoms with E-state index in [1.807, 2.05) is 0 Å². The Morgan fingerprint density at radius 3 is 2.41 bits per heavy atom. The first-order valence-electron chi connectivity index (χ1n) is 5.47. The Kier molecular flexibility index (Phi) is 5.76. The van der Waals surface area contributed by atoms with Crippen molar-refractivity contribution in [3.63, 3.8) is 0 Å². The first-order chi connectivity index (χ1) is 8.17. The van der Waals surface area contributed by atoms with E-state index in [1.54, 1.807) is 9.80 Å². The van der Waals surface area contributed by atoms with Gasteiger partial charge < -0.3 is 15.1 Å². The lowest BCUT2D eigenvalue weighted by Crippen LogP contribution is -2.48. The quantitative estimate of drug-likeness (QED) is 0.512. The Bertz CT molecular complexity index is 291. The van der Waals surface area contributed by atoms with Gasteiger partial charge in [-0.1, -0.05) is 0 Å². The molecular formula is C10H16ClN3O3. The third-order valence-electron chi connectivity index (χ3n) is 2.60. The number of hydrogen-bond donors (Lipinski definition) is 1. The maximum atomic E-state index is 11.7. The fourth-order valence-electron chi connectivity index (χ4n) is 1.59. The summed E-state index contributed by atoms with van der Waals surface area (Å²) in [7, 11) is 0. The molecule has 17 heavy (non-hydrogen) atoms. The van der Waals surface area contributed by atoms with Gasteiger partial charge in [0.2, 0.25) is 18.2 Å². The summed E-state index contributed by atoms with van der Waals surface area (Å²) >= 11 is 5.30. The van der Waals surface area contributed by atoms with E-state index in [0.717, 1.165) is 6.41 Å². The Hall–Kier alpha value is -1.30. The van der Waals surface area contributed by atoms with Gasteiger partial charge in [-0.3, -0.25) is 14.4 Å². The van der Waals surface area contributed by atoms with Gasteiger partial charge in [0.15, 0.2) is 0 Å². The highest BCUT2D eigenvalue weighted by atomic mass is 35.5. The molecular weight excluding hydrogens is 246 g/mol. The molecule has 96 valence electrons. The van der Waals surface area contributed by atoms with Crippen molar-refractivity contribution in [3.8, 4) is 0 Å². The lowest BCUT2D eigenvalue weighted by molar-refractivity contribution is -0.135. The molecule has 1 aliphatic rings. The third-order valence-corrected chi connectivity index (χ3v) is 2.84. The van der Waals surface area contributed by atoms with Crippen LogP contribution in [0.1, 0.15) is 6.42 Å². The summed E-state index contributed by atoms with van der Waals surface area (Å²) in [4.78, 5) is 36.4. The highest BCUT2D eigenvalue weighted by molar-refractivity contribution is 6.27. The van der Waals surface area contributed by atoms with E-state index in [1.165, 1.54) is 0 Å². The largest absolute Gasteiger partial charge is 0.355 e. The maximum Gasteiger partial charge on any atom is 0.234 e. The van der Waals surface area contributed by atoms with E-state index in [4.69, 9.17) is 11.6 Å². The molecule has 0 atom stereocenters. The van der Waals surface area contributed by atoms with E-state index < -0.39 is 0 Å². The average Bonchev–Trinajstić information content (AvgIpc) is 2.38. The number of carbonyl (C=O) groups is 3. The number of carbonyl (C=O) groups excluding carboxylic acids is 3. The second-order valence-electron chi connectivity index (χ2n) is 3.76. The fourth-order valence-corrected chi connectivity index (χ4v) is 1.69. The summed E-state index contributed by atoms with van der Waals surface area (Å²) in [5.41, 5.74) is 0. The van der Waals surface area contributed by atoms with E-state index in [2.05, 4.69) is 5.32 Å². The van der Waals surface area contributed by atoms with Crippen LogP contribution in [0.5, 0.6) is 0 Å². The molecule has 0 aliphatic carbocycles. The number of halogens is 1.